The van der Waals surface area contributed by atoms with Gasteiger partial charge in [0.2, 0.25) is 17.4 Å². The van der Waals surface area contributed by atoms with Crippen LogP contribution < -0.4 is 5.32 Å². The van der Waals surface area contributed by atoms with Gasteiger partial charge in [0.1, 0.15) is 30.2 Å². The van der Waals surface area contributed by atoms with Crippen molar-refractivity contribution in [1.82, 2.24) is 4.90 Å². The second kappa shape index (κ2) is 6.12. The number of quaternary nitrogens is 1. The maximum atomic E-state index is 12.8. The number of benzene rings is 1. The third kappa shape index (κ3) is 2.32. The molecule has 2 saturated heterocycles. The number of fused-ring (bicyclic) bond motifs is 1. The molecule has 134 valence electrons. The van der Waals surface area contributed by atoms with Crippen LogP contribution in [0.3, 0.4) is 0 Å². The van der Waals surface area contributed by atoms with Gasteiger partial charge in [0.05, 0.1) is 7.11 Å². The zero-order valence-electron chi connectivity index (χ0n) is 14.0. The first-order valence-electron chi connectivity index (χ1n) is 8.10. The second-order valence-corrected chi connectivity index (χ2v) is 6.40. The number of carbonyl (C=O) groups is 3. The van der Waals surface area contributed by atoms with Crippen molar-refractivity contribution < 1.29 is 34.7 Å². The summed E-state index contributed by atoms with van der Waals surface area (Å²) in [5, 5.41) is 21.0. The van der Waals surface area contributed by atoms with Crippen LogP contribution in [0.15, 0.2) is 24.3 Å². The highest BCUT2D eigenvalue weighted by atomic mass is 16.5. The summed E-state index contributed by atoms with van der Waals surface area (Å²) in [5.74, 6) is -3.24. The number of methoxy groups -OCH3 is 1. The third-order valence-corrected chi connectivity index (χ3v) is 5.28. The standard InChI is InChI=1S/C17H20N2O6/c1-3-19-14(22)11-12(15(19)23)17(8-20,16(24)25-2)18-13(11)9-4-6-10(21)7-5-9/h4-7,11-13,18,20-21H,3,8H2,1-2H3/p+1/t11-,12-,13+,17+/m0/s1. The summed E-state index contributed by atoms with van der Waals surface area (Å²) in [6.07, 6.45) is 0. The van der Waals surface area contributed by atoms with Gasteiger partial charge >= 0.3 is 5.97 Å². The van der Waals surface area contributed by atoms with Crippen LogP contribution in [0.2, 0.25) is 0 Å². The van der Waals surface area contributed by atoms with Gasteiger partial charge < -0.3 is 20.3 Å². The fourth-order valence-electron chi connectivity index (χ4n) is 4.09. The molecule has 3 rings (SSSR count). The van der Waals surface area contributed by atoms with E-state index in [2.05, 4.69) is 0 Å². The lowest BCUT2D eigenvalue weighted by Gasteiger charge is -2.27. The van der Waals surface area contributed by atoms with E-state index in [9.17, 15) is 24.6 Å². The minimum atomic E-state index is -1.56. The molecule has 2 heterocycles. The number of ether oxygens (including phenoxy) is 1. The minimum Gasteiger partial charge on any atom is -0.508 e. The number of phenols is 1. The van der Waals surface area contributed by atoms with E-state index >= 15 is 0 Å². The molecule has 0 aliphatic carbocycles. The Morgan fingerprint density at radius 3 is 2.44 bits per heavy atom. The smallest absolute Gasteiger partial charge is 0.371 e. The molecule has 0 aromatic heterocycles. The molecule has 0 bridgehead atoms. The van der Waals surface area contributed by atoms with E-state index in [0.717, 1.165) is 4.90 Å². The number of aliphatic hydroxyl groups is 1. The van der Waals surface area contributed by atoms with Crippen molar-refractivity contribution in [2.45, 2.75) is 18.5 Å². The van der Waals surface area contributed by atoms with Crippen molar-refractivity contribution in [1.29, 1.82) is 0 Å². The Balaban J connectivity index is 2.13. The van der Waals surface area contributed by atoms with Crippen LogP contribution in [0, 0.1) is 11.8 Å². The number of esters is 1. The van der Waals surface area contributed by atoms with E-state index in [4.69, 9.17) is 4.74 Å². The first-order chi connectivity index (χ1) is 11.9. The summed E-state index contributed by atoms with van der Waals surface area (Å²) in [6.45, 7) is 1.27. The van der Waals surface area contributed by atoms with Crippen molar-refractivity contribution in [2.24, 2.45) is 11.8 Å². The van der Waals surface area contributed by atoms with E-state index < -0.39 is 41.9 Å². The van der Waals surface area contributed by atoms with Gasteiger partial charge in [-0.15, -0.1) is 0 Å². The Hall–Kier alpha value is -2.45. The van der Waals surface area contributed by atoms with Crippen LogP contribution in [0.1, 0.15) is 18.5 Å². The highest BCUT2D eigenvalue weighted by Crippen LogP contribution is 2.44. The zero-order valence-corrected chi connectivity index (χ0v) is 14.0. The predicted molar refractivity (Wildman–Crippen MR) is 84.0 cm³/mol. The first kappa shape index (κ1) is 17.4. The molecular formula is C17H21N2O6+. The van der Waals surface area contributed by atoms with E-state index in [0.29, 0.717) is 5.56 Å². The number of rotatable bonds is 4. The number of phenolic OH excluding ortho intramolecular Hbond substituents is 1. The first-order valence-corrected chi connectivity index (χ1v) is 8.10. The summed E-state index contributed by atoms with van der Waals surface area (Å²) in [6, 6.07) is 5.71. The van der Waals surface area contributed by atoms with Crippen molar-refractivity contribution >= 4 is 17.8 Å². The summed E-state index contributed by atoms with van der Waals surface area (Å²) in [5.41, 5.74) is -0.871. The molecule has 2 fully saturated rings. The number of nitrogens with two attached hydrogens (primary N) is 1. The molecule has 0 radical (unpaired) electrons. The molecule has 4 atom stereocenters. The quantitative estimate of drug-likeness (QED) is 0.451. The molecule has 1 aromatic rings. The Morgan fingerprint density at radius 2 is 1.92 bits per heavy atom. The molecule has 0 unspecified atom stereocenters. The van der Waals surface area contributed by atoms with Gasteiger partial charge in [0, 0.05) is 12.1 Å². The van der Waals surface area contributed by atoms with E-state index in [1.807, 2.05) is 0 Å². The monoisotopic (exact) mass is 349 g/mol. The third-order valence-electron chi connectivity index (χ3n) is 5.28. The van der Waals surface area contributed by atoms with Crippen molar-refractivity contribution in [3.8, 4) is 5.75 Å². The number of likely N-dealkylation sites (tertiary alicyclic amines) is 1. The van der Waals surface area contributed by atoms with Gasteiger partial charge in [0.25, 0.3) is 0 Å². The molecule has 4 N–H and O–H groups in total. The molecule has 2 amide bonds. The lowest BCUT2D eigenvalue weighted by Crippen LogP contribution is -2.99. The maximum absolute atomic E-state index is 12.8. The number of aromatic hydroxyl groups is 1. The summed E-state index contributed by atoms with van der Waals surface area (Å²) < 4.78 is 4.84. The van der Waals surface area contributed by atoms with Gasteiger partial charge in [-0.1, -0.05) is 0 Å². The van der Waals surface area contributed by atoms with Crippen LogP contribution in [0.25, 0.3) is 0 Å². The van der Waals surface area contributed by atoms with Gasteiger partial charge in [-0.05, 0) is 31.2 Å². The second-order valence-electron chi connectivity index (χ2n) is 6.40. The average Bonchev–Trinajstić information content (AvgIpc) is 3.10. The number of amides is 2. The topological polar surface area (TPSA) is 121 Å². The maximum Gasteiger partial charge on any atom is 0.371 e. The molecule has 0 spiro atoms. The highest BCUT2D eigenvalue weighted by molar-refractivity contribution is 6.08. The number of hydrogen-bond acceptors (Lipinski definition) is 6. The van der Waals surface area contributed by atoms with Gasteiger partial charge in [0.15, 0.2) is 0 Å². The average molecular weight is 349 g/mol. The van der Waals surface area contributed by atoms with Crippen LogP contribution in [-0.4, -0.2) is 58.7 Å². The Labute approximate surface area is 144 Å². The fraction of sp³-hybridized carbons (Fsp3) is 0.471. The highest BCUT2D eigenvalue weighted by Gasteiger charge is 2.72. The largest absolute Gasteiger partial charge is 0.508 e. The van der Waals surface area contributed by atoms with Gasteiger partial charge in [-0.25, -0.2) is 4.79 Å². The van der Waals surface area contributed by atoms with Crippen LogP contribution >= 0.6 is 0 Å². The van der Waals surface area contributed by atoms with Crippen molar-refractivity contribution in [3.05, 3.63) is 29.8 Å². The molecule has 2 aliphatic rings. The Morgan fingerprint density at radius 1 is 1.28 bits per heavy atom. The SMILES string of the molecule is CCN1C(=O)[C@@H]2[C@@H](c3ccc(O)cc3)[NH2+][C@@](CO)(C(=O)OC)[C@@H]2C1=O. The number of aliphatic hydroxyl groups excluding tert-OH is 1. The summed E-state index contributed by atoms with van der Waals surface area (Å²) in [4.78, 5) is 39.2. The van der Waals surface area contributed by atoms with Gasteiger partial charge in [-0.3, -0.25) is 14.5 Å². The van der Waals surface area contributed by atoms with Crippen LogP contribution in [0.5, 0.6) is 5.75 Å². The lowest BCUT2D eigenvalue weighted by atomic mass is 9.79. The molecule has 0 saturated carbocycles. The number of carbonyl (C=O) groups excluding carboxylic acids is 3. The zero-order chi connectivity index (χ0) is 18.4. The minimum absolute atomic E-state index is 0.0729. The molecule has 8 nitrogen and oxygen atoms in total. The molecule has 25 heavy (non-hydrogen) atoms. The Kier molecular flexibility index (Phi) is 4.26. The van der Waals surface area contributed by atoms with Crippen molar-refractivity contribution in [2.75, 3.05) is 20.3 Å². The number of hydrogen-bond donors (Lipinski definition) is 3. The van der Waals surface area contributed by atoms with E-state index in [1.165, 1.54) is 19.2 Å². The van der Waals surface area contributed by atoms with E-state index in [1.54, 1.807) is 24.4 Å². The summed E-state index contributed by atoms with van der Waals surface area (Å²) in [7, 11) is 1.19. The lowest BCUT2D eigenvalue weighted by molar-refractivity contribution is -0.735. The molecule has 2 aliphatic heterocycles. The van der Waals surface area contributed by atoms with Crippen molar-refractivity contribution in [3.63, 3.8) is 0 Å². The summed E-state index contributed by atoms with van der Waals surface area (Å²) >= 11 is 0. The normalized spacial score (nSPS) is 31.3. The van der Waals surface area contributed by atoms with E-state index in [-0.39, 0.29) is 18.2 Å². The van der Waals surface area contributed by atoms with Crippen LogP contribution in [-0.2, 0) is 19.1 Å². The fourth-order valence-corrected chi connectivity index (χ4v) is 4.09. The van der Waals surface area contributed by atoms with Gasteiger partial charge in [-0.2, -0.15) is 0 Å². The molecule has 8 heteroatoms. The Bertz CT molecular complexity index is 718. The van der Waals surface area contributed by atoms with Crippen LogP contribution in [0.4, 0.5) is 0 Å². The number of nitrogens with zero attached hydrogens (tertiary/aromatic N) is 1. The molecule has 1 aromatic carbocycles. The molecular weight excluding hydrogens is 328 g/mol. The predicted octanol–water partition coefficient (Wildman–Crippen LogP) is -1.46. The number of imide groups is 1.